The fourth-order valence-electron chi connectivity index (χ4n) is 1.75. The van der Waals surface area contributed by atoms with Crippen LogP contribution in [0.4, 0.5) is 0 Å². The number of thiophene rings is 1. The number of hydrogen-bond donors (Lipinski definition) is 1. The first-order chi connectivity index (χ1) is 9.44. The van der Waals surface area contributed by atoms with Crippen LogP contribution in [-0.4, -0.2) is 12.1 Å². The van der Waals surface area contributed by atoms with Gasteiger partial charge >= 0.3 is 0 Å². The first kappa shape index (κ1) is 15.3. The second-order valence-electron chi connectivity index (χ2n) is 5.74. The molecule has 106 valence electrons. The molecule has 0 radical (unpaired) electrons. The molecule has 1 N–H and O–H groups in total. The molecule has 0 aliphatic carbocycles. The number of hydrogen-bond acceptors (Lipinski definition) is 2. The summed E-state index contributed by atoms with van der Waals surface area (Å²) in [5.41, 5.74) is 1.38. The summed E-state index contributed by atoms with van der Waals surface area (Å²) in [4.78, 5) is 2.54. The second kappa shape index (κ2) is 6.57. The van der Waals surface area contributed by atoms with Crippen LogP contribution >= 0.6 is 22.9 Å². The molecule has 2 rings (SSSR count). The van der Waals surface area contributed by atoms with Crippen molar-refractivity contribution in [1.29, 1.82) is 0 Å². The Balaban J connectivity index is 1.99. The van der Waals surface area contributed by atoms with E-state index < -0.39 is 0 Å². The first-order valence-corrected chi connectivity index (χ1v) is 7.91. The van der Waals surface area contributed by atoms with Crippen LogP contribution in [0.25, 0.3) is 16.5 Å². The topological polar surface area (TPSA) is 12.0 Å². The Bertz CT molecular complexity index is 576. The van der Waals surface area contributed by atoms with Gasteiger partial charge in [0.2, 0.25) is 0 Å². The number of benzene rings is 1. The van der Waals surface area contributed by atoms with Crippen molar-refractivity contribution < 1.29 is 0 Å². The van der Waals surface area contributed by atoms with Gasteiger partial charge in [0.1, 0.15) is 0 Å². The van der Waals surface area contributed by atoms with Crippen LogP contribution in [0.15, 0.2) is 42.5 Å². The molecule has 1 aromatic heterocycles. The molecule has 0 fully saturated rings. The molecule has 1 aromatic carbocycles. The van der Waals surface area contributed by atoms with Crippen molar-refractivity contribution in [2.45, 2.75) is 26.3 Å². The molecular weight excluding hydrogens is 286 g/mol. The number of nitrogens with one attached hydrogen (secondary N) is 1. The third-order valence-electron chi connectivity index (χ3n) is 2.79. The summed E-state index contributed by atoms with van der Waals surface area (Å²) in [5, 5.41) is 4.22. The molecule has 0 amide bonds. The fraction of sp³-hybridized carbons (Fsp3) is 0.294. The average Bonchev–Trinajstić information content (AvgIpc) is 2.83. The van der Waals surface area contributed by atoms with Gasteiger partial charge in [-0.2, -0.15) is 0 Å². The van der Waals surface area contributed by atoms with Gasteiger partial charge in [-0.3, -0.25) is 0 Å². The standard InChI is InChI=1S/C17H20ClNS/c1-17(2,3)19-12-4-5-15-10-11-16(20-15)13-6-8-14(18)9-7-13/h4-11,19H,12H2,1-3H3. The molecule has 3 heteroatoms. The van der Waals surface area contributed by atoms with Gasteiger partial charge in [0.15, 0.2) is 0 Å². The van der Waals surface area contributed by atoms with Crippen molar-refractivity contribution >= 4 is 29.0 Å². The van der Waals surface area contributed by atoms with Crippen molar-refractivity contribution in [2.75, 3.05) is 6.54 Å². The summed E-state index contributed by atoms with van der Waals surface area (Å²) in [7, 11) is 0. The Morgan fingerprint density at radius 3 is 2.45 bits per heavy atom. The van der Waals surface area contributed by atoms with Gasteiger partial charge in [0.25, 0.3) is 0 Å². The lowest BCUT2D eigenvalue weighted by molar-refractivity contribution is 0.450. The molecule has 0 unspecified atom stereocenters. The highest BCUT2D eigenvalue weighted by Gasteiger charge is 2.06. The average molecular weight is 306 g/mol. The summed E-state index contributed by atoms with van der Waals surface area (Å²) >= 11 is 7.70. The Hall–Kier alpha value is -1.09. The van der Waals surface area contributed by atoms with Gasteiger partial charge in [-0.25, -0.2) is 0 Å². The number of halogens is 1. The van der Waals surface area contributed by atoms with E-state index in [9.17, 15) is 0 Å². The Labute approximate surface area is 130 Å². The molecule has 1 heterocycles. The quantitative estimate of drug-likeness (QED) is 0.789. The summed E-state index contributed by atoms with van der Waals surface area (Å²) in [6, 6.07) is 12.3. The van der Waals surface area contributed by atoms with E-state index >= 15 is 0 Å². The van der Waals surface area contributed by atoms with Crippen LogP contribution in [-0.2, 0) is 0 Å². The molecule has 0 atom stereocenters. The van der Waals surface area contributed by atoms with Crippen LogP contribution in [0.2, 0.25) is 5.02 Å². The van der Waals surface area contributed by atoms with Crippen molar-refractivity contribution in [1.82, 2.24) is 5.32 Å². The zero-order chi connectivity index (χ0) is 14.6. The molecular formula is C17H20ClNS. The molecule has 0 aliphatic heterocycles. The molecule has 0 saturated heterocycles. The summed E-state index contributed by atoms with van der Waals surface area (Å²) < 4.78 is 0. The maximum absolute atomic E-state index is 5.91. The predicted molar refractivity (Wildman–Crippen MR) is 91.6 cm³/mol. The summed E-state index contributed by atoms with van der Waals surface area (Å²) in [5.74, 6) is 0. The normalized spacial score (nSPS) is 12.2. The molecule has 20 heavy (non-hydrogen) atoms. The van der Waals surface area contributed by atoms with Gasteiger partial charge in [-0.05, 0) is 56.7 Å². The van der Waals surface area contributed by atoms with Gasteiger partial charge in [0, 0.05) is 26.9 Å². The highest BCUT2D eigenvalue weighted by atomic mass is 35.5. The zero-order valence-electron chi connectivity index (χ0n) is 12.1. The van der Waals surface area contributed by atoms with Crippen molar-refractivity contribution in [3.8, 4) is 10.4 Å². The SMILES string of the molecule is CC(C)(C)NCC=Cc1ccc(-c2ccc(Cl)cc2)s1. The zero-order valence-corrected chi connectivity index (χ0v) is 13.7. The minimum atomic E-state index is 0.161. The largest absolute Gasteiger partial charge is 0.309 e. The van der Waals surface area contributed by atoms with Crippen LogP contribution < -0.4 is 5.32 Å². The van der Waals surface area contributed by atoms with E-state index in [2.05, 4.69) is 62.5 Å². The van der Waals surface area contributed by atoms with Gasteiger partial charge in [-0.1, -0.05) is 29.8 Å². The van der Waals surface area contributed by atoms with Crippen molar-refractivity contribution in [3.63, 3.8) is 0 Å². The maximum atomic E-state index is 5.91. The van der Waals surface area contributed by atoms with Crippen LogP contribution in [0, 0.1) is 0 Å². The summed E-state index contributed by atoms with van der Waals surface area (Å²) in [6.07, 6.45) is 4.34. The molecule has 0 bridgehead atoms. The molecule has 0 aliphatic rings. The lowest BCUT2D eigenvalue weighted by Gasteiger charge is -2.18. The van der Waals surface area contributed by atoms with Crippen molar-refractivity contribution in [3.05, 3.63) is 52.4 Å². The summed E-state index contributed by atoms with van der Waals surface area (Å²) in [6.45, 7) is 7.40. The molecule has 2 aromatic rings. The smallest absolute Gasteiger partial charge is 0.0406 e. The van der Waals surface area contributed by atoms with Crippen LogP contribution in [0.5, 0.6) is 0 Å². The van der Waals surface area contributed by atoms with Gasteiger partial charge in [0.05, 0.1) is 0 Å². The van der Waals surface area contributed by atoms with Gasteiger partial charge < -0.3 is 5.32 Å². The van der Waals surface area contributed by atoms with Crippen LogP contribution in [0.3, 0.4) is 0 Å². The minimum absolute atomic E-state index is 0.161. The highest BCUT2D eigenvalue weighted by Crippen LogP contribution is 2.29. The molecule has 1 nitrogen and oxygen atoms in total. The fourth-order valence-corrected chi connectivity index (χ4v) is 2.82. The van der Waals surface area contributed by atoms with E-state index in [1.807, 2.05) is 12.1 Å². The second-order valence-corrected chi connectivity index (χ2v) is 7.29. The third kappa shape index (κ3) is 4.78. The third-order valence-corrected chi connectivity index (χ3v) is 4.14. The highest BCUT2D eigenvalue weighted by molar-refractivity contribution is 7.16. The van der Waals surface area contributed by atoms with E-state index in [-0.39, 0.29) is 5.54 Å². The van der Waals surface area contributed by atoms with Gasteiger partial charge in [-0.15, -0.1) is 11.3 Å². The van der Waals surface area contributed by atoms with E-state index in [0.717, 1.165) is 11.6 Å². The van der Waals surface area contributed by atoms with E-state index in [1.54, 1.807) is 11.3 Å². The van der Waals surface area contributed by atoms with E-state index in [4.69, 9.17) is 11.6 Å². The Kier molecular flexibility index (Phi) is 5.03. The van der Waals surface area contributed by atoms with Crippen molar-refractivity contribution in [2.24, 2.45) is 0 Å². The predicted octanol–water partition coefficient (Wildman–Crippen LogP) is 5.47. The number of rotatable bonds is 4. The first-order valence-electron chi connectivity index (χ1n) is 6.71. The molecule has 0 spiro atoms. The lowest BCUT2D eigenvalue weighted by Crippen LogP contribution is -2.35. The Morgan fingerprint density at radius 2 is 1.80 bits per heavy atom. The van der Waals surface area contributed by atoms with Crippen LogP contribution in [0.1, 0.15) is 25.6 Å². The minimum Gasteiger partial charge on any atom is -0.309 e. The van der Waals surface area contributed by atoms with E-state index in [0.29, 0.717) is 0 Å². The maximum Gasteiger partial charge on any atom is 0.0406 e. The lowest BCUT2D eigenvalue weighted by atomic mass is 10.1. The van der Waals surface area contributed by atoms with E-state index in [1.165, 1.54) is 15.3 Å². The monoisotopic (exact) mass is 305 g/mol. The Morgan fingerprint density at radius 1 is 1.10 bits per heavy atom. The molecule has 0 saturated carbocycles.